The number of carbonyl (C=O) groups excluding carboxylic acids is 1. The molecule has 0 unspecified atom stereocenters. The molecule has 0 aliphatic heterocycles. The van der Waals surface area contributed by atoms with Gasteiger partial charge >= 0.3 is 0 Å². The molecule has 0 aliphatic rings. The van der Waals surface area contributed by atoms with E-state index in [1.807, 2.05) is 19.0 Å². The molecule has 1 aromatic rings. The van der Waals surface area contributed by atoms with E-state index in [1.165, 1.54) is 6.07 Å². The zero-order chi connectivity index (χ0) is 13.5. The average Bonchev–Trinajstić information content (AvgIpc) is 2.31. The molecule has 1 N–H and O–H groups in total. The second kappa shape index (κ2) is 6.72. The molecule has 1 amide bonds. The molecule has 96 valence electrons. The second-order valence-corrected chi connectivity index (χ2v) is 3.90. The lowest BCUT2D eigenvalue weighted by molar-refractivity contribution is 0.0958. The molecule has 0 heterocycles. The highest BCUT2D eigenvalue weighted by Gasteiger charge is 2.08. The molecule has 1 aromatic carbocycles. The lowest BCUT2D eigenvalue weighted by Crippen LogP contribution is -2.24. The van der Waals surface area contributed by atoms with Gasteiger partial charge in [0.05, 0.1) is 13.1 Å². The van der Waals surface area contributed by atoms with Gasteiger partial charge in [0, 0.05) is 5.56 Å². The first kappa shape index (κ1) is 14.1. The number of halogens is 2. The maximum Gasteiger partial charge on any atom is 0.252 e. The maximum absolute atomic E-state index is 12.9. The van der Waals surface area contributed by atoms with Crippen LogP contribution in [0.25, 0.3) is 0 Å². The molecule has 0 atom stereocenters. The average molecular weight is 252 g/mol. The van der Waals surface area contributed by atoms with Crippen molar-refractivity contribution in [1.29, 1.82) is 0 Å². The fourth-order valence-corrected chi connectivity index (χ4v) is 1.14. The van der Waals surface area contributed by atoms with Gasteiger partial charge in [-0.05, 0) is 32.3 Å². The highest BCUT2D eigenvalue weighted by Crippen LogP contribution is 2.08. The van der Waals surface area contributed by atoms with Crippen LogP contribution in [0, 0.1) is 23.5 Å². The predicted molar refractivity (Wildman–Crippen MR) is 65.0 cm³/mol. The maximum atomic E-state index is 12.9. The van der Waals surface area contributed by atoms with Crippen LogP contribution in [0.3, 0.4) is 0 Å². The topological polar surface area (TPSA) is 32.3 Å². The van der Waals surface area contributed by atoms with E-state index in [4.69, 9.17) is 0 Å². The summed E-state index contributed by atoms with van der Waals surface area (Å²) >= 11 is 0. The Morgan fingerprint density at radius 1 is 1.28 bits per heavy atom. The Hall–Kier alpha value is -1.93. The minimum absolute atomic E-state index is 0.0725. The van der Waals surface area contributed by atoms with Gasteiger partial charge in [-0.3, -0.25) is 9.69 Å². The largest absolute Gasteiger partial charge is 0.341 e. The zero-order valence-electron chi connectivity index (χ0n) is 10.3. The Labute approximate surface area is 105 Å². The van der Waals surface area contributed by atoms with Crippen LogP contribution in [0.5, 0.6) is 0 Å². The number of hydrogen-bond acceptors (Lipinski definition) is 2. The number of rotatable bonds is 3. The molecule has 5 heteroatoms. The van der Waals surface area contributed by atoms with E-state index in [9.17, 15) is 13.6 Å². The monoisotopic (exact) mass is 252 g/mol. The van der Waals surface area contributed by atoms with Gasteiger partial charge in [-0.25, -0.2) is 8.78 Å². The molecule has 0 spiro atoms. The zero-order valence-corrected chi connectivity index (χ0v) is 10.3. The highest BCUT2D eigenvalue weighted by molar-refractivity contribution is 5.94. The molecular formula is C13H14F2N2O. The van der Waals surface area contributed by atoms with Gasteiger partial charge in [-0.15, -0.1) is 0 Å². The van der Waals surface area contributed by atoms with E-state index in [0.717, 1.165) is 12.1 Å². The van der Waals surface area contributed by atoms with E-state index in [-0.39, 0.29) is 12.1 Å². The van der Waals surface area contributed by atoms with Gasteiger partial charge in [0.25, 0.3) is 5.91 Å². The number of carbonyl (C=O) groups is 1. The first-order valence-electron chi connectivity index (χ1n) is 5.34. The van der Waals surface area contributed by atoms with Gasteiger partial charge in [0.1, 0.15) is 0 Å². The van der Waals surface area contributed by atoms with E-state index in [1.54, 1.807) is 0 Å². The van der Waals surface area contributed by atoms with Crippen molar-refractivity contribution in [3.05, 3.63) is 35.4 Å². The number of hydrogen-bond donors (Lipinski definition) is 1. The summed E-state index contributed by atoms with van der Waals surface area (Å²) in [5.74, 6) is 3.10. The third-order valence-corrected chi connectivity index (χ3v) is 2.04. The van der Waals surface area contributed by atoms with E-state index in [2.05, 4.69) is 17.2 Å². The molecule has 0 radical (unpaired) electrons. The second-order valence-electron chi connectivity index (χ2n) is 3.90. The number of benzene rings is 1. The van der Waals surface area contributed by atoms with Gasteiger partial charge in [-0.2, -0.15) is 0 Å². The van der Waals surface area contributed by atoms with Gasteiger partial charge in [0.2, 0.25) is 0 Å². The fraction of sp³-hybridized carbons (Fsp3) is 0.308. The molecule has 0 bridgehead atoms. The quantitative estimate of drug-likeness (QED) is 0.821. The van der Waals surface area contributed by atoms with Crippen LogP contribution >= 0.6 is 0 Å². The van der Waals surface area contributed by atoms with E-state index >= 15 is 0 Å². The lowest BCUT2D eigenvalue weighted by atomic mass is 10.2. The first-order chi connectivity index (χ1) is 8.50. The molecule has 1 rings (SSSR count). The summed E-state index contributed by atoms with van der Waals surface area (Å²) in [5.41, 5.74) is 0.0725. The van der Waals surface area contributed by atoms with Crippen molar-refractivity contribution in [3.63, 3.8) is 0 Å². The molecule has 0 aromatic heterocycles. The summed E-state index contributed by atoms with van der Waals surface area (Å²) < 4.78 is 25.5. The predicted octanol–water partition coefficient (Wildman–Crippen LogP) is 1.26. The molecule has 18 heavy (non-hydrogen) atoms. The summed E-state index contributed by atoms with van der Waals surface area (Å²) in [6, 6.07) is 3.00. The SMILES string of the molecule is CN(C)CC#CCNC(=O)c1ccc(F)c(F)c1. The Bertz CT molecular complexity index is 489. The van der Waals surface area contributed by atoms with Gasteiger partial charge in [0.15, 0.2) is 11.6 Å². The van der Waals surface area contributed by atoms with Crippen LogP contribution in [0.15, 0.2) is 18.2 Å². The van der Waals surface area contributed by atoms with Crippen molar-refractivity contribution in [1.82, 2.24) is 10.2 Å². The Morgan fingerprint density at radius 3 is 2.61 bits per heavy atom. The Balaban J connectivity index is 2.49. The Kier molecular flexibility index (Phi) is 5.28. The van der Waals surface area contributed by atoms with Crippen molar-refractivity contribution in [3.8, 4) is 11.8 Å². The summed E-state index contributed by atoms with van der Waals surface area (Å²) in [4.78, 5) is 13.4. The van der Waals surface area contributed by atoms with E-state index in [0.29, 0.717) is 6.54 Å². The number of nitrogens with zero attached hydrogens (tertiary/aromatic N) is 1. The van der Waals surface area contributed by atoms with Crippen molar-refractivity contribution in [2.24, 2.45) is 0 Å². The van der Waals surface area contributed by atoms with Crippen molar-refractivity contribution < 1.29 is 13.6 Å². The first-order valence-corrected chi connectivity index (χ1v) is 5.34. The van der Waals surface area contributed by atoms with Crippen LogP contribution in [0.1, 0.15) is 10.4 Å². The van der Waals surface area contributed by atoms with Crippen molar-refractivity contribution in [2.45, 2.75) is 0 Å². The van der Waals surface area contributed by atoms with Crippen LogP contribution < -0.4 is 5.32 Å². The molecular weight excluding hydrogens is 238 g/mol. The third-order valence-electron chi connectivity index (χ3n) is 2.04. The molecule has 0 fully saturated rings. The van der Waals surface area contributed by atoms with Gasteiger partial charge < -0.3 is 5.32 Å². The van der Waals surface area contributed by atoms with Crippen molar-refractivity contribution in [2.75, 3.05) is 27.2 Å². The van der Waals surface area contributed by atoms with Gasteiger partial charge in [-0.1, -0.05) is 11.8 Å². The van der Waals surface area contributed by atoms with Crippen molar-refractivity contribution >= 4 is 5.91 Å². The minimum Gasteiger partial charge on any atom is -0.341 e. The van der Waals surface area contributed by atoms with Crippen LogP contribution in [-0.2, 0) is 0 Å². The van der Waals surface area contributed by atoms with Crippen LogP contribution in [0.2, 0.25) is 0 Å². The summed E-state index contributed by atoms with van der Waals surface area (Å²) in [6.07, 6.45) is 0. The minimum atomic E-state index is -1.04. The molecule has 0 aliphatic carbocycles. The fourth-order valence-electron chi connectivity index (χ4n) is 1.14. The summed E-state index contributed by atoms with van der Waals surface area (Å²) in [6.45, 7) is 0.771. The lowest BCUT2D eigenvalue weighted by Gasteiger charge is -2.03. The van der Waals surface area contributed by atoms with E-state index < -0.39 is 17.5 Å². The summed E-state index contributed by atoms with van der Waals surface area (Å²) in [5, 5.41) is 2.50. The van der Waals surface area contributed by atoms with Crippen LogP contribution in [0.4, 0.5) is 8.78 Å². The molecule has 3 nitrogen and oxygen atoms in total. The number of nitrogens with one attached hydrogen (secondary N) is 1. The normalized spacial score (nSPS) is 9.83. The standard InChI is InChI=1S/C13H14F2N2O/c1-17(2)8-4-3-7-16-13(18)10-5-6-11(14)12(15)9-10/h5-6,9H,7-8H2,1-2H3,(H,16,18). The summed E-state index contributed by atoms with van der Waals surface area (Å²) in [7, 11) is 3.77. The Morgan fingerprint density at radius 2 is 2.00 bits per heavy atom. The molecule has 0 saturated heterocycles. The molecule has 0 saturated carbocycles. The smallest absolute Gasteiger partial charge is 0.252 e. The highest BCUT2D eigenvalue weighted by atomic mass is 19.2. The number of amides is 1. The van der Waals surface area contributed by atoms with Crippen LogP contribution in [-0.4, -0.2) is 38.0 Å². The third kappa shape index (κ3) is 4.52.